The van der Waals surface area contributed by atoms with E-state index >= 15 is 0 Å². The predicted molar refractivity (Wildman–Crippen MR) is 74.8 cm³/mol. The van der Waals surface area contributed by atoms with Gasteiger partial charge in [0.25, 0.3) is 11.8 Å². The van der Waals surface area contributed by atoms with Crippen molar-refractivity contribution in [3.8, 4) is 0 Å². The van der Waals surface area contributed by atoms with Crippen LogP contribution in [0.1, 0.15) is 40.0 Å². The third-order valence-corrected chi connectivity index (χ3v) is 2.49. The number of imide groups is 1. The molecule has 1 rings (SSSR count). The third-order valence-electron chi connectivity index (χ3n) is 2.49. The highest BCUT2D eigenvalue weighted by atomic mass is 16.8. The number of hydrogen-bond acceptors (Lipinski definition) is 8. The van der Waals surface area contributed by atoms with Crippen LogP contribution in [0.3, 0.4) is 0 Å². The van der Waals surface area contributed by atoms with E-state index < -0.39 is 23.6 Å². The minimum Gasteiger partial charge on any atom is -0.460 e. The fourth-order valence-electron chi connectivity index (χ4n) is 1.59. The van der Waals surface area contributed by atoms with Crippen molar-refractivity contribution in [1.82, 2.24) is 5.06 Å². The number of hydroxylamine groups is 2. The molecule has 130 valence electrons. The highest BCUT2D eigenvalue weighted by Gasteiger charge is 2.33. The van der Waals surface area contributed by atoms with Crippen molar-refractivity contribution in [1.29, 1.82) is 0 Å². The van der Waals surface area contributed by atoms with Crippen LogP contribution in [-0.2, 0) is 33.4 Å². The van der Waals surface area contributed by atoms with E-state index in [1.54, 1.807) is 20.8 Å². The molecule has 2 amide bonds. The lowest BCUT2D eigenvalue weighted by molar-refractivity contribution is -0.177. The standard InChI is InChI=1S/C14H21NO8/c1-14(2,3)22-12(18)6-7-20-8-9-21-13(19)23-15-10(16)4-5-11(15)17/h4-9H2,1-3H3. The molecule has 1 heterocycles. The first-order chi connectivity index (χ1) is 10.7. The lowest BCUT2D eigenvalue weighted by atomic mass is 10.2. The lowest BCUT2D eigenvalue weighted by Gasteiger charge is -2.19. The van der Waals surface area contributed by atoms with E-state index in [1.807, 2.05) is 0 Å². The summed E-state index contributed by atoms with van der Waals surface area (Å²) in [5.74, 6) is -1.55. The Morgan fingerprint density at radius 2 is 1.65 bits per heavy atom. The highest BCUT2D eigenvalue weighted by molar-refractivity contribution is 6.01. The summed E-state index contributed by atoms with van der Waals surface area (Å²) in [7, 11) is 0. The van der Waals surface area contributed by atoms with Gasteiger partial charge in [0.15, 0.2) is 0 Å². The monoisotopic (exact) mass is 331 g/mol. The Morgan fingerprint density at radius 1 is 1.04 bits per heavy atom. The molecule has 0 unspecified atom stereocenters. The number of nitrogens with zero attached hydrogens (tertiary/aromatic N) is 1. The molecule has 0 radical (unpaired) electrons. The Balaban J connectivity index is 2.06. The van der Waals surface area contributed by atoms with Crippen LogP contribution in [0.2, 0.25) is 0 Å². The van der Waals surface area contributed by atoms with Crippen LogP contribution >= 0.6 is 0 Å². The number of ether oxygens (including phenoxy) is 3. The number of carbonyl (C=O) groups excluding carboxylic acids is 4. The second-order valence-corrected chi connectivity index (χ2v) is 5.72. The average molecular weight is 331 g/mol. The first kappa shape index (κ1) is 18.9. The van der Waals surface area contributed by atoms with Crippen molar-refractivity contribution in [2.75, 3.05) is 19.8 Å². The minimum absolute atomic E-state index is 0.0138. The van der Waals surface area contributed by atoms with Gasteiger partial charge < -0.3 is 14.2 Å². The zero-order valence-corrected chi connectivity index (χ0v) is 13.5. The molecule has 0 saturated carbocycles. The number of hydrogen-bond donors (Lipinski definition) is 0. The molecule has 0 N–H and O–H groups in total. The van der Waals surface area contributed by atoms with Crippen molar-refractivity contribution < 1.29 is 38.2 Å². The normalized spacial score (nSPS) is 14.8. The number of carbonyl (C=O) groups is 4. The molecule has 0 aromatic heterocycles. The molecule has 9 nitrogen and oxygen atoms in total. The van der Waals surface area contributed by atoms with E-state index in [1.165, 1.54) is 0 Å². The molecule has 23 heavy (non-hydrogen) atoms. The van der Waals surface area contributed by atoms with E-state index in [9.17, 15) is 19.2 Å². The number of esters is 1. The SMILES string of the molecule is CC(C)(C)OC(=O)CCOCCOC(=O)ON1C(=O)CCC1=O. The van der Waals surface area contributed by atoms with Crippen molar-refractivity contribution in [3.63, 3.8) is 0 Å². The predicted octanol–water partition coefficient (Wildman–Crippen LogP) is 0.952. The van der Waals surface area contributed by atoms with Crippen molar-refractivity contribution in [3.05, 3.63) is 0 Å². The summed E-state index contributed by atoms with van der Waals surface area (Å²) >= 11 is 0. The van der Waals surface area contributed by atoms with Gasteiger partial charge in [0.1, 0.15) is 12.2 Å². The van der Waals surface area contributed by atoms with Gasteiger partial charge in [-0.15, -0.1) is 0 Å². The molecule has 1 aliphatic heterocycles. The van der Waals surface area contributed by atoms with Crippen molar-refractivity contribution in [2.45, 2.75) is 45.6 Å². The maximum atomic E-state index is 11.4. The fourth-order valence-corrected chi connectivity index (χ4v) is 1.59. The van der Waals surface area contributed by atoms with Crippen LogP contribution in [0.15, 0.2) is 0 Å². The van der Waals surface area contributed by atoms with E-state index in [0.29, 0.717) is 5.06 Å². The first-order valence-electron chi connectivity index (χ1n) is 7.19. The van der Waals surface area contributed by atoms with Crippen molar-refractivity contribution in [2.24, 2.45) is 0 Å². The summed E-state index contributed by atoms with van der Waals surface area (Å²) in [6.45, 7) is 5.32. The molecular formula is C14H21NO8. The summed E-state index contributed by atoms with van der Waals surface area (Å²) in [6.07, 6.45) is -1.05. The lowest BCUT2D eigenvalue weighted by Crippen LogP contribution is -2.32. The van der Waals surface area contributed by atoms with Crippen LogP contribution in [0.25, 0.3) is 0 Å². The largest absolute Gasteiger partial charge is 0.534 e. The van der Waals surface area contributed by atoms with Crippen LogP contribution < -0.4 is 0 Å². The fraction of sp³-hybridized carbons (Fsp3) is 0.714. The van der Waals surface area contributed by atoms with Gasteiger partial charge >= 0.3 is 12.1 Å². The van der Waals surface area contributed by atoms with Gasteiger partial charge in [-0.1, -0.05) is 5.06 Å². The van der Waals surface area contributed by atoms with Crippen LogP contribution in [0.5, 0.6) is 0 Å². The van der Waals surface area contributed by atoms with Gasteiger partial charge in [0.2, 0.25) is 0 Å². The maximum Gasteiger partial charge on any atom is 0.534 e. The Labute approximate surface area is 133 Å². The molecule has 0 atom stereocenters. The van der Waals surface area contributed by atoms with E-state index in [-0.39, 0.29) is 45.1 Å². The molecule has 1 aliphatic rings. The van der Waals surface area contributed by atoms with Crippen molar-refractivity contribution >= 4 is 23.9 Å². The van der Waals surface area contributed by atoms with Gasteiger partial charge in [0.05, 0.1) is 19.6 Å². The quantitative estimate of drug-likeness (QED) is 0.385. The minimum atomic E-state index is -1.16. The summed E-state index contributed by atoms with van der Waals surface area (Å²) in [6, 6.07) is 0. The van der Waals surface area contributed by atoms with Crippen LogP contribution in [-0.4, -0.2) is 54.4 Å². The Bertz CT molecular complexity index is 452. The summed E-state index contributed by atoms with van der Waals surface area (Å²) in [4.78, 5) is 49.5. The molecular weight excluding hydrogens is 310 g/mol. The molecule has 0 bridgehead atoms. The Hall–Kier alpha value is -2.16. The topological polar surface area (TPSA) is 108 Å². The average Bonchev–Trinajstić information content (AvgIpc) is 2.72. The highest BCUT2D eigenvalue weighted by Crippen LogP contribution is 2.12. The second kappa shape index (κ2) is 8.47. The maximum absolute atomic E-state index is 11.4. The smallest absolute Gasteiger partial charge is 0.460 e. The summed E-state index contributed by atoms with van der Waals surface area (Å²) < 4.78 is 14.8. The van der Waals surface area contributed by atoms with E-state index in [0.717, 1.165) is 0 Å². The molecule has 0 spiro atoms. The molecule has 0 aromatic carbocycles. The molecule has 1 fully saturated rings. The molecule has 0 aromatic rings. The van der Waals surface area contributed by atoms with Gasteiger partial charge in [-0.25, -0.2) is 4.79 Å². The Morgan fingerprint density at radius 3 is 2.22 bits per heavy atom. The first-order valence-corrected chi connectivity index (χ1v) is 7.19. The summed E-state index contributed by atoms with van der Waals surface area (Å²) in [5, 5.41) is 0.395. The second-order valence-electron chi connectivity index (χ2n) is 5.72. The summed E-state index contributed by atoms with van der Waals surface area (Å²) in [5.41, 5.74) is -0.547. The third kappa shape index (κ3) is 7.59. The number of rotatable bonds is 7. The van der Waals surface area contributed by atoms with E-state index in [2.05, 4.69) is 9.57 Å². The van der Waals surface area contributed by atoms with Crippen LogP contribution in [0, 0.1) is 0 Å². The zero-order valence-electron chi connectivity index (χ0n) is 13.5. The zero-order chi connectivity index (χ0) is 17.5. The van der Waals surface area contributed by atoms with Gasteiger partial charge in [-0.3, -0.25) is 19.2 Å². The van der Waals surface area contributed by atoms with Gasteiger partial charge in [-0.2, -0.15) is 0 Å². The molecule has 0 aliphatic carbocycles. The molecule has 1 saturated heterocycles. The molecule has 9 heteroatoms. The van der Waals surface area contributed by atoms with Crippen LogP contribution in [0.4, 0.5) is 4.79 Å². The Kier molecular flexibility index (Phi) is 6.95. The van der Waals surface area contributed by atoms with Gasteiger partial charge in [0, 0.05) is 12.8 Å². The van der Waals surface area contributed by atoms with Gasteiger partial charge in [-0.05, 0) is 20.8 Å². The van der Waals surface area contributed by atoms with E-state index in [4.69, 9.17) is 9.47 Å². The number of amides is 2.